The van der Waals surface area contributed by atoms with E-state index in [0.717, 1.165) is 17.6 Å². The third kappa shape index (κ3) is 4.17. The average Bonchev–Trinajstić information content (AvgIpc) is 2.54. The molecule has 6 heteroatoms. The Labute approximate surface area is 126 Å². The van der Waals surface area contributed by atoms with Crippen LogP contribution in [-0.2, 0) is 9.37 Å². The second kappa shape index (κ2) is 7.61. The molecule has 0 radical (unpaired) electrons. The fraction of sp³-hybridized carbons (Fsp3) is 0. The molecule has 21 heavy (non-hydrogen) atoms. The molecule has 2 aromatic carbocycles. The Hall–Kier alpha value is -2.12. The van der Waals surface area contributed by atoms with Crippen LogP contribution < -0.4 is 5.32 Å². The number of nitrogens with one attached hydrogen (secondary N) is 1. The number of hydrogen-bond acceptors (Lipinski definition) is 5. The molecule has 0 aromatic heterocycles. The fourth-order valence-electron chi connectivity index (χ4n) is 1.66. The van der Waals surface area contributed by atoms with Crippen LogP contribution in [0, 0.1) is 0 Å². The molecule has 0 saturated carbocycles. The van der Waals surface area contributed by atoms with Crippen molar-refractivity contribution in [1.82, 2.24) is 0 Å². The van der Waals surface area contributed by atoms with Crippen molar-refractivity contribution in [2.24, 2.45) is 0 Å². The smallest absolute Gasteiger partial charge is 0.255 e. The molecule has 0 heterocycles. The summed E-state index contributed by atoms with van der Waals surface area (Å²) in [6, 6.07) is 14.1. The summed E-state index contributed by atoms with van der Waals surface area (Å²) in [5.41, 5.74) is 2.02. The summed E-state index contributed by atoms with van der Waals surface area (Å²) in [6.07, 6.45) is 1.71. The zero-order valence-electron chi connectivity index (χ0n) is 11.0. The van der Waals surface area contributed by atoms with Gasteiger partial charge in [0, 0.05) is 5.56 Å². The minimum Gasteiger partial charge on any atom is -0.321 e. The Morgan fingerprint density at radius 3 is 2.57 bits per heavy atom. The van der Waals surface area contributed by atoms with Gasteiger partial charge in [-0.1, -0.05) is 42.0 Å². The van der Waals surface area contributed by atoms with Crippen molar-refractivity contribution < 1.29 is 19.4 Å². The average molecular weight is 303 g/mol. The molecular formula is C15H13NO4S. The SMILES string of the molecule is C=Cc1ccc(C(=O)Nc2ccccc2SOOO)cc1. The minimum absolute atomic E-state index is 0.247. The number of para-hydroxylation sites is 1. The molecule has 0 saturated heterocycles. The van der Waals surface area contributed by atoms with Crippen molar-refractivity contribution in [3.8, 4) is 0 Å². The second-order valence-electron chi connectivity index (χ2n) is 4.00. The number of rotatable bonds is 6. The van der Waals surface area contributed by atoms with Crippen LogP contribution >= 0.6 is 12.0 Å². The highest BCUT2D eigenvalue weighted by Crippen LogP contribution is 2.28. The molecule has 108 valence electrons. The van der Waals surface area contributed by atoms with E-state index in [1.54, 1.807) is 42.5 Å². The molecule has 2 aromatic rings. The van der Waals surface area contributed by atoms with Crippen molar-refractivity contribution >= 4 is 29.7 Å². The first-order valence-electron chi connectivity index (χ1n) is 6.02. The molecule has 1 amide bonds. The molecule has 0 aliphatic carbocycles. The van der Waals surface area contributed by atoms with E-state index >= 15 is 0 Å². The molecule has 5 nitrogen and oxygen atoms in total. The Bertz CT molecular complexity index is 628. The van der Waals surface area contributed by atoms with E-state index in [0.29, 0.717) is 16.1 Å². The summed E-state index contributed by atoms with van der Waals surface area (Å²) < 4.78 is 4.39. The van der Waals surface area contributed by atoms with Crippen LogP contribution in [0.4, 0.5) is 5.69 Å². The van der Waals surface area contributed by atoms with E-state index in [1.807, 2.05) is 12.1 Å². The van der Waals surface area contributed by atoms with E-state index < -0.39 is 0 Å². The number of carbonyl (C=O) groups is 1. The zero-order valence-corrected chi connectivity index (χ0v) is 11.8. The third-order valence-corrected chi connectivity index (χ3v) is 3.36. The highest BCUT2D eigenvalue weighted by Gasteiger charge is 2.10. The highest BCUT2D eigenvalue weighted by molar-refractivity contribution is 7.94. The topological polar surface area (TPSA) is 67.8 Å². The van der Waals surface area contributed by atoms with E-state index in [1.165, 1.54) is 0 Å². The quantitative estimate of drug-likeness (QED) is 0.479. The molecule has 0 atom stereocenters. The van der Waals surface area contributed by atoms with Crippen molar-refractivity contribution in [3.63, 3.8) is 0 Å². The number of anilines is 1. The lowest BCUT2D eigenvalue weighted by Gasteiger charge is -2.09. The summed E-state index contributed by atoms with van der Waals surface area (Å²) >= 11 is 0.790. The molecule has 2 rings (SSSR count). The van der Waals surface area contributed by atoms with Crippen LogP contribution in [0.1, 0.15) is 15.9 Å². The van der Waals surface area contributed by atoms with Gasteiger partial charge in [-0.05, 0) is 29.8 Å². The predicted octanol–water partition coefficient (Wildman–Crippen LogP) is 4.01. The number of amides is 1. The summed E-state index contributed by atoms with van der Waals surface area (Å²) in [5.74, 6) is -0.247. The highest BCUT2D eigenvalue weighted by atomic mass is 32.2. The molecule has 0 spiro atoms. The van der Waals surface area contributed by atoms with E-state index in [4.69, 9.17) is 5.26 Å². The summed E-state index contributed by atoms with van der Waals surface area (Å²) in [5, 5.41) is 14.5. The lowest BCUT2D eigenvalue weighted by atomic mass is 10.1. The van der Waals surface area contributed by atoms with Crippen LogP contribution in [0.25, 0.3) is 6.08 Å². The van der Waals surface area contributed by atoms with E-state index in [2.05, 4.69) is 21.3 Å². The lowest BCUT2D eigenvalue weighted by Crippen LogP contribution is -2.12. The van der Waals surface area contributed by atoms with Gasteiger partial charge in [0.2, 0.25) is 0 Å². The predicted molar refractivity (Wildman–Crippen MR) is 81.6 cm³/mol. The van der Waals surface area contributed by atoms with Gasteiger partial charge in [0.1, 0.15) is 0 Å². The van der Waals surface area contributed by atoms with Gasteiger partial charge >= 0.3 is 0 Å². The third-order valence-electron chi connectivity index (χ3n) is 2.70. The van der Waals surface area contributed by atoms with Crippen LogP contribution in [0.3, 0.4) is 0 Å². The Morgan fingerprint density at radius 1 is 1.19 bits per heavy atom. The van der Waals surface area contributed by atoms with Crippen molar-refractivity contribution in [1.29, 1.82) is 0 Å². The summed E-state index contributed by atoms with van der Waals surface area (Å²) in [7, 11) is 0. The van der Waals surface area contributed by atoms with Crippen molar-refractivity contribution in [3.05, 3.63) is 66.2 Å². The fourth-order valence-corrected chi connectivity index (χ4v) is 2.11. The zero-order chi connectivity index (χ0) is 15.1. The standard InChI is InChI=1S/C15H13NO4S/c1-2-11-7-9-12(10-8-11)15(17)16-13-5-3-4-6-14(13)21-20-19-18/h2-10,18H,1H2,(H,16,17). The number of carbonyl (C=O) groups excluding carboxylic acids is 1. The largest absolute Gasteiger partial charge is 0.321 e. The lowest BCUT2D eigenvalue weighted by molar-refractivity contribution is -0.432. The van der Waals surface area contributed by atoms with Gasteiger partial charge in [0.15, 0.2) is 0 Å². The first-order valence-corrected chi connectivity index (χ1v) is 6.76. The van der Waals surface area contributed by atoms with Gasteiger partial charge in [-0.2, -0.15) is 0 Å². The maximum absolute atomic E-state index is 12.2. The summed E-state index contributed by atoms with van der Waals surface area (Å²) in [4.78, 5) is 12.8. The maximum Gasteiger partial charge on any atom is 0.255 e. The molecule has 0 aliphatic rings. The van der Waals surface area contributed by atoms with Gasteiger partial charge in [-0.25, -0.2) is 5.26 Å². The first kappa shape index (κ1) is 15.3. The van der Waals surface area contributed by atoms with Gasteiger partial charge < -0.3 is 5.32 Å². The molecule has 0 aliphatic heterocycles. The number of hydrogen-bond donors (Lipinski definition) is 2. The van der Waals surface area contributed by atoms with Gasteiger partial charge in [0.05, 0.1) is 22.6 Å². The molecule has 0 bridgehead atoms. The second-order valence-corrected chi connectivity index (χ2v) is 4.74. The first-order chi connectivity index (χ1) is 10.2. The molecule has 2 N–H and O–H groups in total. The normalized spacial score (nSPS) is 10.1. The van der Waals surface area contributed by atoms with Gasteiger partial charge in [-0.15, -0.1) is 4.33 Å². The molecule has 0 unspecified atom stereocenters. The summed E-state index contributed by atoms with van der Waals surface area (Å²) in [6.45, 7) is 3.66. The Morgan fingerprint density at radius 2 is 1.90 bits per heavy atom. The van der Waals surface area contributed by atoms with Gasteiger partial charge in [0.25, 0.3) is 5.91 Å². The van der Waals surface area contributed by atoms with E-state index in [-0.39, 0.29) is 5.91 Å². The Balaban J connectivity index is 2.13. The van der Waals surface area contributed by atoms with Crippen LogP contribution in [0.2, 0.25) is 0 Å². The van der Waals surface area contributed by atoms with Crippen LogP contribution in [0.5, 0.6) is 0 Å². The molecular weight excluding hydrogens is 290 g/mol. The van der Waals surface area contributed by atoms with Gasteiger partial charge in [-0.3, -0.25) is 4.79 Å². The van der Waals surface area contributed by atoms with Crippen molar-refractivity contribution in [2.45, 2.75) is 4.90 Å². The van der Waals surface area contributed by atoms with E-state index in [9.17, 15) is 4.79 Å². The monoisotopic (exact) mass is 303 g/mol. The van der Waals surface area contributed by atoms with Crippen LogP contribution in [0.15, 0.2) is 60.0 Å². The molecule has 0 fully saturated rings. The minimum atomic E-state index is -0.247. The maximum atomic E-state index is 12.2. The van der Waals surface area contributed by atoms with Crippen LogP contribution in [-0.4, -0.2) is 11.2 Å². The Kier molecular flexibility index (Phi) is 5.53. The van der Waals surface area contributed by atoms with Crippen molar-refractivity contribution in [2.75, 3.05) is 5.32 Å². The number of benzene rings is 2.